The van der Waals surface area contributed by atoms with Crippen LogP contribution >= 0.6 is 0 Å². The van der Waals surface area contributed by atoms with E-state index in [0.29, 0.717) is 24.1 Å². The lowest BCUT2D eigenvalue weighted by Crippen LogP contribution is -2.46. The van der Waals surface area contributed by atoms with Crippen LogP contribution in [0.5, 0.6) is 5.88 Å². The van der Waals surface area contributed by atoms with E-state index in [1.54, 1.807) is 6.20 Å². The Morgan fingerprint density at radius 2 is 2.24 bits per heavy atom. The average Bonchev–Trinajstić information content (AvgIpc) is 2.43. The van der Waals surface area contributed by atoms with Crippen molar-refractivity contribution >= 4 is 5.78 Å². The van der Waals surface area contributed by atoms with E-state index in [1.165, 1.54) is 0 Å². The summed E-state index contributed by atoms with van der Waals surface area (Å²) >= 11 is 0. The van der Waals surface area contributed by atoms with Crippen LogP contribution < -0.4 is 10.1 Å². The molecule has 1 saturated carbocycles. The minimum atomic E-state index is 0.112. The SMILES string of the molecule is CCNC1CC(Oc2cc(CCC(=O)C(C)C)ccn2)C1. The number of carbonyl (C=O) groups excluding carboxylic acids is 1. The number of ether oxygens (including phenoxy) is 1. The van der Waals surface area contributed by atoms with Gasteiger partial charge in [0.25, 0.3) is 0 Å². The van der Waals surface area contributed by atoms with E-state index >= 15 is 0 Å². The van der Waals surface area contributed by atoms with E-state index < -0.39 is 0 Å². The van der Waals surface area contributed by atoms with Gasteiger partial charge >= 0.3 is 0 Å². The summed E-state index contributed by atoms with van der Waals surface area (Å²) in [5.74, 6) is 1.10. The van der Waals surface area contributed by atoms with Gasteiger partial charge in [-0.15, -0.1) is 0 Å². The second-order valence-corrected chi connectivity index (χ2v) is 6.09. The molecule has 0 saturated heterocycles. The molecule has 4 nitrogen and oxygen atoms in total. The number of Topliss-reactive ketones (excluding diaryl/α,β-unsaturated/α-hetero) is 1. The van der Waals surface area contributed by atoms with Gasteiger partial charge in [0.2, 0.25) is 5.88 Å². The number of ketones is 1. The molecule has 1 aliphatic rings. The maximum absolute atomic E-state index is 11.7. The highest BCUT2D eigenvalue weighted by Crippen LogP contribution is 2.25. The molecule has 0 aliphatic heterocycles. The Morgan fingerprint density at radius 1 is 1.48 bits per heavy atom. The minimum absolute atomic E-state index is 0.112. The number of nitrogens with one attached hydrogen (secondary N) is 1. The molecule has 1 heterocycles. The lowest BCUT2D eigenvalue weighted by atomic mass is 9.89. The second kappa shape index (κ2) is 7.55. The van der Waals surface area contributed by atoms with Crippen molar-refractivity contribution in [1.29, 1.82) is 0 Å². The summed E-state index contributed by atoms with van der Waals surface area (Å²) in [5.41, 5.74) is 1.12. The van der Waals surface area contributed by atoms with Gasteiger partial charge in [0.05, 0.1) is 0 Å². The maximum Gasteiger partial charge on any atom is 0.213 e. The molecule has 116 valence electrons. The van der Waals surface area contributed by atoms with E-state index in [0.717, 1.165) is 31.4 Å². The minimum Gasteiger partial charge on any atom is -0.474 e. The van der Waals surface area contributed by atoms with Crippen LogP contribution in [0.1, 0.15) is 45.6 Å². The Labute approximate surface area is 127 Å². The monoisotopic (exact) mass is 290 g/mol. The molecule has 21 heavy (non-hydrogen) atoms. The van der Waals surface area contributed by atoms with Crippen molar-refractivity contribution in [3.8, 4) is 5.88 Å². The molecule has 0 radical (unpaired) electrons. The number of hydrogen-bond acceptors (Lipinski definition) is 4. The molecule has 0 aromatic carbocycles. The quantitative estimate of drug-likeness (QED) is 0.800. The molecule has 1 N–H and O–H groups in total. The highest BCUT2D eigenvalue weighted by atomic mass is 16.5. The van der Waals surface area contributed by atoms with Gasteiger partial charge in [-0.1, -0.05) is 20.8 Å². The molecule has 0 amide bonds. The lowest BCUT2D eigenvalue weighted by Gasteiger charge is -2.35. The smallest absolute Gasteiger partial charge is 0.213 e. The molecule has 4 heteroatoms. The van der Waals surface area contributed by atoms with Crippen molar-refractivity contribution < 1.29 is 9.53 Å². The average molecular weight is 290 g/mol. The normalized spacial score (nSPS) is 21.1. The first kappa shape index (κ1) is 16.0. The van der Waals surface area contributed by atoms with Gasteiger partial charge in [-0.25, -0.2) is 4.98 Å². The van der Waals surface area contributed by atoms with Crippen molar-refractivity contribution in [2.75, 3.05) is 6.54 Å². The third-order valence-electron chi connectivity index (χ3n) is 3.98. The number of pyridine rings is 1. The molecular weight excluding hydrogens is 264 g/mol. The van der Waals surface area contributed by atoms with Crippen molar-refractivity contribution in [2.24, 2.45) is 5.92 Å². The molecule has 0 unspecified atom stereocenters. The number of rotatable bonds is 8. The molecule has 0 atom stereocenters. The summed E-state index contributed by atoms with van der Waals surface area (Å²) < 4.78 is 5.89. The maximum atomic E-state index is 11.7. The molecular formula is C17H26N2O2. The van der Waals surface area contributed by atoms with Gasteiger partial charge in [0.1, 0.15) is 11.9 Å². The Balaban J connectivity index is 1.80. The first-order valence-electron chi connectivity index (χ1n) is 7.96. The van der Waals surface area contributed by atoms with E-state index in [2.05, 4.69) is 17.2 Å². The lowest BCUT2D eigenvalue weighted by molar-refractivity contribution is -0.121. The Bertz CT molecular complexity index is 468. The van der Waals surface area contributed by atoms with Crippen LogP contribution in [0.2, 0.25) is 0 Å². The first-order valence-corrected chi connectivity index (χ1v) is 7.96. The van der Waals surface area contributed by atoms with Crippen molar-refractivity contribution in [2.45, 2.75) is 58.6 Å². The van der Waals surface area contributed by atoms with E-state index in [-0.39, 0.29) is 12.0 Å². The fourth-order valence-electron chi connectivity index (χ4n) is 2.51. The zero-order chi connectivity index (χ0) is 15.2. The number of nitrogens with zero attached hydrogens (tertiary/aromatic N) is 1. The summed E-state index contributed by atoms with van der Waals surface area (Å²) in [7, 11) is 0. The predicted molar refractivity (Wildman–Crippen MR) is 83.5 cm³/mol. The summed E-state index contributed by atoms with van der Waals surface area (Å²) in [5, 5.41) is 3.41. The largest absolute Gasteiger partial charge is 0.474 e. The number of carbonyl (C=O) groups is 1. The number of aromatic nitrogens is 1. The topological polar surface area (TPSA) is 51.2 Å². The predicted octanol–water partition coefficient (Wildman–Crippen LogP) is 2.76. The molecule has 1 aromatic heterocycles. The van der Waals surface area contributed by atoms with Crippen LogP contribution in [0, 0.1) is 5.92 Å². The number of hydrogen-bond donors (Lipinski definition) is 1. The van der Waals surface area contributed by atoms with Gasteiger partial charge in [-0.3, -0.25) is 4.79 Å². The zero-order valence-electron chi connectivity index (χ0n) is 13.3. The van der Waals surface area contributed by atoms with Crippen LogP contribution in [-0.2, 0) is 11.2 Å². The van der Waals surface area contributed by atoms with Crippen molar-refractivity contribution in [3.05, 3.63) is 23.9 Å². The Hall–Kier alpha value is -1.42. The number of aryl methyl sites for hydroxylation is 1. The highest BCUT2D eigenvalue weighted by Gasteiger charge is 2.30. The molecule has 0 spiro atoms. The van der Waals surface area contributed by atoms with Gasteiger partial charge in [-0.05, 0) is 37.4 Å². The third-order valence-corrected chi connectivity index (χ3v) is 3.98. The van der Waals surface area contributed by atoms with Gasteiger partial charge < -0.3 is 10.1 Å². The summed E-state index contributed by atoms with van der Waals surface area (Å²) in [6.45, 7) is 7.02. The van der Waals surface area contributed by atoms with Gasteiger partial charge in [-0.2, -0.15) is 0 Å². The first-order chi connectivity index (χ1) is 10.1. The van der Waals surface area contributed by atoms with Gasteiger partial charge in [0.15, 0.2) is 0 Å². The van der Waals surface area contributed by atoms with E-state index in [9.17, 15) is 4.79 Å². The van der Waals surface area contributed by atoms with Gasteiger partial charge in [0, 0.05) is 30.6 Å². The summed E-state index contributed by atoms with van der Waals surface area (Å²) in [6.07, 6.45) is 5.49. The highest BCUT2D eigenvalue weighted by molar-refractivity contribution is 5.80. The third kappa shape index (κ3) is 4.81. The molecule has 1 aliphatic carbocycles. The summed E-state index contributed by atoms with van der Waals surface area (Å²) in [6, 6.07) is 4.52. The van der Waals surface area contributed by atoms with Crippen LogP contribution in [0.15, 0.2) is 18.3 Å². The van der Waals surface area contributed by atoms with Crippen LogP contribution in [-0.4, -0.2) is 29.5 Å². The van der Waals surface area contributed by atoms with Crippen LogP contribution in [0.25, 0.3) is 0 Å². The molecule has 0 bridgehead atoms. The Kier molecular flexibility index (Phi) is 5.74. The summed E-state index contributed by atoms with van der Waals surface area (Å²) in [4.78, 5) is 15.9. The molecule has 1 aromatic rings. The van der Waals surface area contributed by atoms with E-state index in [1.807, 2.05) is 26.0 Å². The Morgan fingerprint density at radius 3 is 2.90 bits per heavy atom. The molecule has 2 rings (SSSR count). The van der Waals surface area contributed by atoms with Crippen LogP contribution in [0.3, 0.4) is 0 Å². The van der Waals surface area contributed by atoms with Crippen molar-refractivity contribution in [1.82, 2.24) is 10.3 Å². The van der Waals surface area contributed by atoms with Crippen LogP contribution in [0.4, 0.5) is 0 Å². The molecule has 1 fully saturated rings. The van der Waals surface area contributed by atoms with Crippen molar-refractivity contribution in [3.63, 3.8) is 0 Å². The van der Waals surface area contributed by atoms with E-state index in [4.69, 9.17) is 4.74 Å². The standard InChI is InChI=1S/C17H26N2O2/c1-4-18-14-10-15(11-14)21-17-9-13(7-8-19-17)5-6-16(20)12(2)3/h7-9,12,14-15,18H,4-6,10-11H2,1-3H3. The zero-order valence-corrected chi connectivity index (χ0v) is 13.3. The fraction of sp³-hybridized carbons (Fsp3) is 0.647. The fourth-order valence-corrected chi connectivity index (χ4v) is 2.51. The second-order valence-electron chi connectivity index (χ2n) is 6.09.